The summed E-state index contributed by atoms with van der Waals surface area (Å²) in [6.45, 7) is 9.85. The Bertz CT molecular complexity index is 294. The van der Waals surface area contributed by atoms with Gasteiger partial charge in [0.05, 0.1) is 19.8 Å². The van der Waals surface area contributed by atoms with E-state index >= 15 is 0 Å². The second-order valence-corrected chi connectivity index (χ2v) is 7.22. The van der Waals surface area contributed by atoms with E-state index in [-0.39, 0.29) is 5.97 Å². The third kappa shape index (κ3) is 18.2. The number of rotatable bonds is 20. The van der Waals surface area contributed by atoms with Crippen LogP contribution in [0.2, 0.25) is 0 Å². The van der Waals surface area contributed by atoms with Crippen molar-refractivity contribution in [2.75, 3.05) is 33.0 Å². The monoisotopic (exact) mass is 372 g/mol. The molecule has 0 heterocycles. The highest BCUT2D eigenvalue weighted by Crippen LogP contribution is 2.18. The summed E-state index contributed by atoms with van der Waals surface area (Å²) in [6, 6.07) is 0. The molecule has 0 spiro atoms. The summed E-state index contributed by atoms with van der Waals surface area (Å²) in [7, 11) is 0. The Morgan fingerprint density at radius 2 is 1.31 bits per heavy atom. The summed E-state index contributed by atoms with van der Waals surface area (Å²) in [4.78, 5) is 11.9. The molecule has 0 aromatic heterocycles. The van der Waals surface area contributed by atoms with Crippen LogP contribution in [0.1, 0.15) is 97.8 Å². The van der Waals surface area contributed by atoms with Gasteiger partial charge in [0.25, 0.3) is 0 Å². The van der Waals surface area contributed by atoms with Gasteiger partial charge in [0.15, 0.2) is 0 Å². The maximum Gasteiger partial charge on any atom is 0.305 e. The molecule has 0 N–H and O–H groups in total. The van der Waals surface area contributed by atoms with Gasteiger partial charge in [0, 0.05) is 19.6 Å². The summed E-state index contributed by atoms with van der Waals surface area (Å²) >= 11 is 0. The first-order valence-electron chi connectivity index (χ1n) is 11.1. The quantitative estimate of drug-likeness (QED) is 0.196. The average molecular weight is 373 g/mol. The highest BCUT2D eigenvalue weighted by molar-refractivity contribution is 5.69. The van der Waals surface area contributed by atoms with E-state index in [1.807, 2.05) is 0 Å². The highest BCUT2D eigenvalue weighted by atomic mass is 16.5. The Kier molecular flexibility index (Phi) is 20.2. The lowest BCUT2D eigenvalue weighted by Crippen LogP contribution is -2.15. The second-order valence-electron chi connectivity index (χ2n) is 7.22. The normalized spacial score (nSPS) is 12.3. The van der Waals surface area contributed by atoms with Crippen LogP contribution in [0.15, 0.2) is 0 Å². The Morgan fingerprint density at radius 1 is 0.692 bits per heavy atom. The van der Waals surface area contributed by atoms with Crippen LogP contribution in [-0.4, -0.2) is 39.0 Å². The van der Waals surface area contributed by atoms with Gasteiger partial charge < -0.3 is 14.2 Å². The smallest absolute Gasteiger partial charge is 0.305 e. The number of carbonyl (C=O) groups is 1. The van der Waals surface area contributed by atoms with Crippen LogP contribution in [0.4, 0.5) is 0 Å². The van der Waals surface area contributed by atoms with Gasteiger partial charge in [0.1, 0.15) is 0 Å². The first-order chi connectivity index (χ1) is 12.7. The first kappa shape index (κ1) is 25.4. The largest absolute Gasteiger partial charge is 0.465 e. The van der Waals surface area contributed by atoms with Gasteiger partial charge in [0.2, 0.25) is 0 Å². The molecule has 1 atom stereocenters. The molecule has 4 heteroatoms. The van der Waals surface area contributed by atoms with Crippen LogP contribution < -0.4 is 0 Å². The number of unbranched alkanes of at least 4 members (excludes halogenated alkanes) is 5. The molecule has 0 aromatic carbocycles. The number of hydrogen-bond donors (Lipinski definition) is 0. The summed E-state index contributed by atoms with van der Waals surface area (Å²) in [5, 5.41) is 0. The van der Waals surface area contributed by atoms with Crippen molar-refractivity contribution in [3.05, 3.63) is 0 Å². The van der Waals surface area contributed by atoms with Crippen molar-refractivity contribution in [3.8, 4) is 0 Å². The van der Waals surface area contributed by atoms with Crippen molar-refractivity contribution in [3.63, 3.8) is 0 Å². The number of hydrogen-bond acceptors (Lipinski definition) is 4. The van der Waals surface area contributed by atoms with Gasteiger partial charge in [-0.25, -0.2) is 0 Å². The predicted octanol–water partition coefficient (Wildman–Crippen LogP) is 5.92. The molecule has 0 saturated heterocycles. The molecule has 0 amide bonds. The summed E-state index contributed by atoms with van der Waals surface area (Å²) in [5.74, 6) is 0.454. The van der Waals surface area contributed by atoms with Crippen molar-refractivity contribution in [2.24, 2.45) is 5.92 Å². The lowest BCUT2D eigenvalue weighted by atomic mass is 9.96. The van der Waals surface area contributed by atoms with Crippen molar-refractivity contribution >= 4 is 5.97 Å². The predicted molar refractivity (Wildman–Crippen MR) is 109 cm³/mol. The molecule has 0 rings (SSSR count). The van der Waals surface area contributed by atoms with Crippen LogP contribution in [0.5, 0.6) is 0 Å². The Morgan fingerprint density at radius 3 is 1.96 bits per heavy atom. The lowest BCUT2D eigenvalue weighted by molar-refractivity contribution is -0.145. The standard InChI is InChI=1S/C22H44O4/c1-4-7-10-11-14-21(13-8-5-2)20-26-22(23)15-12-17-25-19-18-24-16-9-6-3/h21H,4-20H2,1-3H3. The molecule has 1 unspecified atom stereocenters. The molecule has 156 valence electrons. The zero-order valence-electron chi connectivity index (χ0n) is 17.7. The fourth-order valence-electron chi connectivity index (χ4n) is 2.83. The summed E-state index contributed by atoms with van der Waals surface area (Å²) in [6.07, 6.45) is 13.4. The third-order valence-corrected chi connectivity index (χ3v) is 4.60. The van der Waals surface area contributed by atoms with Crippen LogP contribution in [0.3, 0.4) is 0 Å². The molecule has 0 aliphatic rings. The Balaban J connectivity index is 3.64. The second kappa shape index (κ2) is 20.7. The van der Waals surface area contributed by atoms with Crippen LogP contribution in [0.25, 0.3) is 0 Å². The minimum absolute atomic E-state index is 0.0807. The molecule has 0 aliphatic heterocycles. The van der Waals surface area contributed by atoms with Gasteiger partial charge in [-0.15, -0.1) is 0 Å². The molecule has 0 aromatic rings. The molecular formula is C22H44O4. The van der Waals surface area contributed by atoms with Crippen molar-refractivity contribution in [1.29, 1.82) is 0 Å². The number of esters is 1. The Hall–Kier alpha value is -0.610. The molecular weight excluding hydrogens is 328 g/mol. The van der Waals surface area contributed by atoms with E-state index in [9.17, 15) is 4.79 Å². The summed E-state index contributed by atoms with van der Waals surface area (Å²) in [5.41, 5.74) is 0. The average Bonchev–Trinajstić information content (AvgIpc) is 2.65. The molecule has 0 fully saturated rings. The van der Waals surface area contributed by atoms with Crippen molar-refractivity contribution < 1.29 is 19.0 Å². The van der Waals surface area contributed by atoms with Crippen LogP contribution in [0, 0.1) is 5.92 Å². The minimum atomic E-state index is -0.0807. The maximum atomic E-state index is 11.9. The van der Waals surface area contributed by atoms with E-state index in [1.54, 1.807) is 0 Å². The minimum Gasteiger partial charge on any atom is -0.465 e. The van der Waals surface area contributed by atoms with Crippen molar-refractivity contribution in [1.82, 2.24) is 0 Å². The zero-order valence-corrected chi connectivity index (χ0v) is 17.7. The Labute approximate surface area is 162 Å². The first-order valence-corrected chi connectivity index (χ1v) is 11.1. The van der Waals surface area contributed by atoms with Crippen LogP contribution in [-0.2, 0) is 19.0 Å². The fourth-order valence-corrected chi connectivity index (χ4v) is 2.83. The van der Waals surface area contributed by atoms with Gasteiger partial charge in [-0.2, -0.15) is 0 Å². The van der Waals surface area contributed by atoms with Gasteiger partial charge in [-0.3, -0.25) is 4.79 Å². The third-order valence-electron chi connectivity index (χ3n) is 4.60. The summed E-state index contributed by atoms with van der Waals surface area (Å²) < 4.78 is 16.4. The SMILES string of the molecule is CCCCCCC(CCCC)COC(=O)CCCOCCOCCCC. The molecule has 26 heavy (non-hydrogen) atoms. The number of carbonyl (C=O) groups excluding carboxylic acids is 1. The van der Waals surface area contributed by atoms with Gasteiger partial charge >= 0.3 is 5.97 Å². The van der Waals surface area contributed by atoms with Gasteiger partial charge in [-0.1, -0.05) is 65.7 Å². The highest BCUT2D eigenvalue weighted by Gasteiger charge is 2.11. The van der Waals surface area contributed by atoms with Gasteiger partial charge in [-0.05, 0) is 31.6 Å². The van der Waals surface area contributed by atoms with E-state index < -0.39 is 0 Å². The zero-order chi connectivity index (χ0) is 19.3. The van der Waals surface area contributed by atoms with Crippen LogP contribution >= 0.6 is 0 Å². The van der Waals surface area contributed by atoms with E-state index in [2.05, 4.69) is 20.8 Å². The fraction of sp³-hybridized carbons (Fsp3) is 0.955. The number of ether oxygens (including phenoxy) is 3. The maximum absolute atomic E-state index is 11.9. The topological polar surface area (TPSA) is 44.8 Å². The van der Waals surface area contributed by atoms with E-state index in [4.69, 9.17) is 14.2 Å². The molecule has 0 bridgehead atoms. The molecule has 4 nitrogen and oxygen atoms in total. The van der Waals surface area contributed by atoms with E-state index in [0.717, 1.165) is 25.9 Å². The lowest BCUT2D eigenvalue weighted by Gasteiger charge is -2.16. The van der Waals surface area contributed by atoms with E-state index in [0.29, 0.717) is 38.8 Å². The molecule has 0 radical (unpaired) electrons. The van der Waals surface area contributed by atoms with E-state index in [1.165, 1.54) is 51.4 Å². The van der Waals surface area contributed by atoms with Crippen molar-refractivity contribution in [2.45, 2.75) is 97.8 Å². The molecule has 0 aliphatic carbocycles. The molecule has 0 saturated carbocycles.